The van der Waals surface area contributed by atoms with E-state index < -0.39 is 5.54 Å². The van der Waals surface area contributed by atoms with Gasteiger partial charge in [-0.15, -0.1) is 0 Å². The molecule has 1 aromatic rings. The smallest absolute Gasteiger partial charge is 0.326 e. The third kappa shape index (κ3) is 2.61. The van der Waals surface area contributed by atoms with Gasteiger partial charge in [0, 0.05) is 17.3 Å². The molecule has 92 valence electrons. The fourth-order valence-corrected chi connectivity index (χ4v) is 2.18. The summed E-state index contributed by atoms with van der Waals surface area (Å²) in [6.45, 7) is 0. The van der Waals surface area contributed by atoms with Crippen LogP contribution in [-0.2, 0) is 9.53 Å². The molecule has 0 bridgehead atoms. The number of carbonyl (C=O) groups is 1. The average Bonchev–Trinajstić information content (AvgIpc) is 2.28. The minimum absolute atomic E-state index is 0.0136. The van der Waals surface area contributed by atoms with Gasteiger partial charge < -0.3 is 15.2 Å². The van der Waals surface area contributed by atoms with E-state index in [4.69, 9.17) is 10.5 Å². The predicted octanol–water partition coefficient (Wildman–Crippen LogP) is 1.86. The molecule has 0 aromatic heterocycles. The van der Waals surface area contributed by atoms with Gasteiger partial charge in [-0.2, -0.15) is 0 Å². The quantitative estimate of drug-likeness (QED) is 0.866. The molecule has 1 aromatic carbocycles. The Kier molecular flexibility index (Phi) is 3.40. The van der Waals surface area contributed by atoms with Gasteiger partial charge in [0.05, 0.1) is 7.11 Å². The average molecular weight is 300 g/mol. The van der Waals surface area contributed by atoms with Crippen molar-refractivity contribution in [2.75, 3.05) is 7.11 Å². The van der Waals surface area contributed by atoms with Crippen LogP contribution in [0.2, 0.25) is 0 Å². The standard InChI is InChI=1S/C12H14BrNO3/c1-16-11(15)12(14)6-10(7-12)17-9-4-2-8(13)3-5-9/h2-5,10H,6-7,14H2,1H3. The second-order valence-electron chi connectivity index (χ2n) is 4.25. The Morgan fingerprint density at radius 1 is 1.41 bits per heavy atom. The highest BCUT2D eigenvalue weighted by molar-refractivity contribution is 9.10. The molecule has 1 aliphatic rings. The first-order chi connectivity index (χ1) is 8.03. The first-order valence-electron chi connectivity index (χ1n) is 5.33. The van der Waals surface area contributed by atoms with E-state index in [9.17, 15) is 4.79 Å². The topological polar surface area (TPSA) is 61.5 Å². The van der Waals surface area contributed by atoms with Crippen molar-refractivity contribution in [3.63, 3.8) is 0 Å². The van der Waals surface area contributed by atoms with Crippen LogP contribution in [-0.4, -0.2) is 24.7 Å². The van der Waals surface area contributed by atoms with Crippen molar-refractivity contribution >= 4 is 21.9 Å². The number of nitrogens with two attached hydrogens (primary N) is 1. The van der Waals surface area contributed by atoms with Gasteiger partial charge in [-0.3, -0.25) is 4.79 Å². The molecule has 0 amide bonds. The first kappa shape index (κ1) is 12.4. The Hall–Kier alpha value is -1.07. The van der Waals surface area contributed by atoms with Crippen LogP contribution in [0.1, 0.15) is 12.8 Å². The van der Waals surface area contributed by atoms with Crippen LogP contribution < -0.4 is 10.5 Å². The number of esters is 1. The predicted molar refractivity (Wildman–Crippen MR) is 66.7 cm³/mol. The summed E-state index contributed by atoms with van der Waals surface area (Å²) in [4.78, 5) is 11.3. The van der Waals surface area contributed by atoms with E-state index in [1.807, 2.05) is 24.3 Å². The van der Waals surface area contributed by atoms with Crippen LogP contribution in [0.25, 0.3) is 0 Å². The van der Waals surface area contributed by atoms with Crippen LogP contribution in [0, 0.1) is 0 Å². The Labute approximate surface area is 108 Å². The summed E-state index contributed by atoms with van der Waals surface area (Å²) in [5.41, 5.74) is 5.00. The maximum Gasteiger partial charge on any atom is 0.326 e. The van der Waals surface area contributed by atoms with E-state index in [-0.39, 0.29) is 12.1 Å². The van der Waals surface area contributed by atoms with Crippen molar-refractivity contribution in [3.05, 3.63) is 28.7 Å². The minimum atomic E-state index is -0.866. The fraction of sp³-hybridized carbons (Fsp3) is 0.417. The number of rotatable bonds is 3. The number of methoxy groups -OCH3 is 1. The lowest BCUT2D eigenvalue weighted by atomic mass is 9.75. The van der Waals surface area contributed by atoms with Gasteiger partial charge in [-0.05, 0) is 24.3 Å². The zero-order valence-electron chi connectivity index (χ0n) is 9.48. The van der Waals surface area contributed by atoms with Crippen molar-refractivity contribution in [2.45, 2.75) is 24.5 Å². The number of carbonyl (C=O) groups excluding carboxylic acids is 1. The Morgan fingerprint density at radius 2 is 2.00 bits per heavy atom. The lowest BCUT2D eigenvalue weighted by molar-refractivity contribution is -0.154. The molecule has 0 spiro atoms. The Bertz CT molecular complexity index is 412. The van der Waals surface area contributed by atoms with Crippen LogP contribution in [0.15, 0.2) is 28.7 Å². The van der Waals surface area contributed by atoms with Crippen molar-refractivity contribution < 1.29 is 14.3 Å². The van der Waals surface area contributed by atoms with Gasteiger partial charge in [0.1, 0.15) is 17.4 Å². The fourth-order valence-electron chi connectivity index (χ4n) is 1.91. The van der Waals surface area contributed by atoms with Gasteiger partial charge in [0.2, 0.25) is 0 Å². The second-order valence-corrected chi connectivity index (χ2v) is 5.17. The van der Waals surface area contributed by atoms with Gasteiger partial charge in [0.15, 0.2) is 0 Å². The van der Waals surface area contributed by atoms with E-state index in [0.717, 1.165) is 10.2 Å². The zero-order valence-corrected chi connectivity index (χ0v) is 11.1. The maximum absolute atomic E-state index is 11.3. The Balaban J connectivity index is 1.89. The highest BCUT2D eigenvalue weighted by Crippen LogP contribution is 2.34. The van der Waals surface area contributed by atoms with E-state index in [1.165, 1.54) is 7.11 Å². The number of hydrogen-bond acceptors (Lipinski definition) is 4. The summed E-state index contributed by atoms with van der Waals surface area (Å²) in [7, 11) is 1.35. The van der Waals surface area contributed by atoms with E-state index >= 15 is 0 Å². The summed E-state index contributed by atoms with van der Waals surface area (Å²) in [5.74, 6) is 0.415. The monoisotopic (exact) mass is 299 g/mol. The SMILES string of the molecule is COC(=O)C1(N)CC(Oc2ccc(Br)cc2)C1. The van der Waals surface area contributed by atoms with Crippen LogP contribution in [0.5, 0.6) is 5.75 Å². The van der Waals surface area contributed by atoms with Gasteiger partial charge >= 0.3 is 5.97 Å². The second kappa shape index (κ2) is 4.66. The highest BCUT2D eigenvalue weighted by atomic mass is 79.9. The summed E-state index contributed by atoms with van der Waals surface area (Å²) in [6, 6.07) is 7.56. The van der Waals surface area contributed by atoms with Crippen molar-refractivity contribution in [1.82, 2.24) is 0 Å². The van der Waals surface area contributed by atoms with Crippen LogP contribution >= 0.6 is 15.9 Å². The molecule has 1 fully saturated rings. The number of hydrogen-bond donors (Lipinski definition) is 1. The van der Waals surface area contributed by atoms with E-state index in [0.29, 0.717) is 12.8 Å². The maximum atomic E-state index is 11.3. The highest BCUT2D eigenvalue weighted by Gasteiger charge is 2.49. The molecular formula is C12H14BrNO3. The summed E-state index contributed by atoms with van der Waals surface area (Å²) in [6.07, 6.45) is 0.978. The number of ether oxygens (including phenoxy) is 2. The summed E-state index contributed by atoms with van der Waals surface area (Å²) >= 11 is 3.35. The van der Waals surface area contributed by atoms with Crippen molar-refractivity contribution in [1.29, 1.82) is 0 Å². The van der Waals surface area contributed by atoms with Crippen LogP contribution in [0.4, 0.5) is 0 Å². The third-order valence-electron chi connectivity index (χ3n) is 2.89. The molecule has 4 nitrogen and oxygen atoms in total. The van der Waals surface area contributed by atoms with Crippen LogP contribution in [0.3, 0.4) is 0 Å². The van der Waals surface area contributed by atoms with Crippen molar-refractivity contribution in [2.24, 2.45) is 5.73 Å². The first-order valence-corrected chi connectivity index (χ1v) is 6.12. The third-order valence-corrected chi connectivity index (χ3v) is 3.42. The molecule has 5 heteroatoms. The molecule has 17 heavy (non-hydrogen) atoms. The summed E-state index contributed by atoms with van der Waals surface area (Å²) < 4.78 is 11.3. The molecule has 0 atom stereocenters. The molecule has 0 radical (unpaired) electrons. The molecule has 1 aliphatic carbocycles. The van der Waals surface area contributed by atoms with E-state index in [2.05, 4.69) is 20.7 Å². The molecule has 0 unspecified atom stereocenters. The van der Waals surface area contributed by atoms with Gasteiger partial charge in [-0.25, -0.2) is 0 Å². The normalized spacial score (nSPS) is 27.1. The lowest BCUT2D eigenvalue weighted by Gasteiger charge is -2.41. The van der Waals surface area contributed by atoms with Crippen molar-refractivity contribution in [3.8, 4) is 5.75 Å². The summed E-state index contributed by atoms with van der Waals surface area (Å²) in [5, 5.41) is 0. The van der Waals surface area contributed by atoms with Gasteiger partial charge in [-0.1, -0.05) is 15.9 Å². The molecule has 0 aliphatic heterocycles. The number of benzene rings is 1. The Morgan fingerprint density at radius 3 is 2.53 bits per heavy atom. The molecule has 1 saturated carbocycles. The largest absolute Gasteiger partial charge is 0.490 e. The van der Waals surface area contributed by atoms with E-state index in [1.54, 1.807) is 0 Å². The molecule has 2 rings (SSSR count). The molecular weight excluding hydrogens is 286 g/mol. The molecule has 0 saturated heterocycles. The molecule has 0 heterocycles. The number of halogens is 1. The zero-order chi connectivity index (χ0) is 12.5. The van der Waals surface area contributed by atoms with Gasteiger partial charge in [0.25, 0.3) is 0 Å². The molecule has 2 N–H and O–H groups in total. The lowest BCUT2D eigenvalue weighted by Crippen LogP contribution is -2.62. The minimum Gasteiger partial charge on any atom is -0.490 e.